The fourth-order valence-electron chi connectivity index (χ4n) is 3.13. The van der Waals surface area contributed by atoms with Gasteiger partial charge in [-0.2, -0.15) is 0 Å². The van der Waals surface area contributed by atoms with Gasteiger partial charge in [0, 0.05) is 12.2 Å². The first-order valence-corrected chi connectivity index (χ1v) is 10.5. The summed E-state index contributed by atoms with van der Waals surface area (Å²) in [6.07, 6.45) is 25.6. The molecular formula is C21H44N2. The molecule has 0 aliphatic carbocycles. The quantitative estimate of drug-likeness (QED) is 0.285. The molecule has 0 unspecified atom stereocenters. The maximum atomic E-state index is 5.83. The lowest BCUT2D eigenvalue weighted by atomic mass is 10.0. The Kier molecular flexibility index (Phi) is 19.1. The van der Waals surface area contributed by atoms with Crippen molar-refractivity contribution in [3.8, 4) is 0 Å². The molecule has 0 aromatic heterocycles. The van der Waals surface area contributed by atoms with E-state index in [0.29, 0.717) is 6.54 Å². The predicted octanol–water partition coefficient (Wildman–Crippen LogP) is 6.44. The molecule has 0 rings (SSSR count). The number of rotatable bonds is 18. The summed E-state index contributed by atoms with van der Waals surface area (Å²) < 4.78 is 0. The van der Waals surface area contributed by atoms with E-state index in [4.69, 9.17) is 11.5 Å². The van der Waals surface area contributed by atoms with Crippen molar-refractivity contribution in [1.29, 1.82) is 0 Å². The molecule has 2 nitrogen and oxygen atoms in total. The van der Waals surface area contributed by atoms with Crippen molar-refractivity contribution in [1.82, 2.24) is 0 Å². The zero-order chi connectivity index (χ0) is 17.0. The van der Waals surface area contributed by atoms with Gasteiger partial charge < -0.3 is 11.5 Å². The second-order valence-electron chi connectivity index (χ2n) is 7.07. The van der Waals surface area contributed by atoms with Crippen LogP contribution in [0, 0.1) is 0 Å². The summed E-state index contributed by atoms with van der Waals surface area (Å²) in [6, 6.07) is 0. The fourth-order valence-corrected chi connectivity index (χ4v) is 3.13. The minimum Gasteiger partial charge on any atom is -0.402 e. The number of allylic oxidation sites excluding steroid dienone is 1. The Morgan fingerprint density at radius 2 is 0.957 bits per heavy atom. The van der Waals surface area contributed by atoms with Crippen LogP contribution in [0.2, 0.25) is 0 Å². The first-order valence-electron chi connectivity index (χ1n) is 10.5. The number of unbranched alkanes of at least 4 members (excludes halogenated alkanes) is 15. The molecule has 0 aliphatic heterocycles. The Labute approximate surface area is 146 Å². The molecule has 0 aromatic rings. The molecule has 0 fully saturated rings. The third-order valence-corrected chi connectivity index (χ3v) is 4.70. The molecule has 0 aromatic carbocycles. The molecule has 4 N–H and O–H groups in total. The highest BCUT2D eigenvalue weighted by Crippen LogP contribution is 2.14. The van der Waals surface area contributed by atoms with E-state index in [-0.39, 0.29) is 0 Å². The van der Waals surface area contributed by atoms with E-state index in [9.17, 15) is 0 Å². The second-order valence-corrected chi connectivity index (χ2v) is 7.07. The van der Waals surface area contributed by atoms with Crippen LogP contribution in [-0.4, -0.2) is 6.54 Å². The zero-order valence-corrected chi connectivity index (χ0v) is 16.0. The van der Waals surface area contributed by atoms with Crippen molar-refractivity contribution in [2.45, 2.75) is 116 Å². The van der Waals surface area contributed by atoms with Gasteiger partial charge in [-0.1, -0.05) is 109 Å². The number of hydrogen-bond donors (Lipinski definition) is 2. The van der Waals surface area contributed by atoms with Crippen LogP contribution < -0.4 is 11.5 Å². The maximum absolute atomic E-state index is 5.83. The molecule has 0 saturated heterocycles. The molecule has 0 amide bonds. The van der Waals surface area contributed by atoms with E-state index in [1.807, 2.05) is 6.08 Å². The smallest absolute Gasteiger partial charge is 0.0126 e. The van der Waals surface area contributed by atoms with Crippen molar-refractivity contribution in [2.24, 2.45) is 11.5 Å². The van der Waals surface area contributed by atoms with E-state index < -0.39 is 0 Å². The standard InChI is InChI=1S/C21H44N2/c1-2-3-4-5-6-7-8-9-10-11-12-13-14-15-16-17-18-21(23)19-20-22/h19H,2-18,20,22-23H2,1H3. The highest BCUT2D eigenvalue weighted by Gasteiger charge is 1.95. The van der Waals surface area contributed by atoms with Gasteiger partial charge in [-0.3, -0.25) is 0 Å². The van der Waals surface area contributed by atoms with Crippen molar-refractivity contribution in [2.75, 3.05) is 6.54 Å². The van der Waals surface area contributed by atoms with Crippen LogP contribution in [0.4, 0.5) is 0 Å². The molecule has 23 heavy (non-hydrogen) atoms. The van der Waals surface area contributed by atoms with E-state index in [1.165, 1.54) is 103 Å². The van der Waals surface area contributed by atoms with Crippen molar-refractivity contribution in [3.63, 3.8) is 0 Å². The Balaban J connectivity index is 3.04. The lowest BCUT2D eigenvalue weighted by Crippen LogP contribution is -2.02. The molecule has 0 bridgehead atoms. The van der Waals surface area contributed by atoms with Crippen molar-refractivity contribution >= 4 is 0 Å². The molecule has 0 heterocycles. The highest BCUT2D eigenvalue weighted by molar-refractivity contribution is 4.96. The van der Waals surface area contributed by atoms with Crippen LogP contribution in [-0.2, 0) is 0 Å². The SMILES string of the molecule is CCCCCCCCCCCCCCCCCCC(N)=CCN. The predicted molar refractivity (Wildman–Crippen MR) is 105 cm³/mol. The van der Waals surface area contributed by atoms with Crippen LogP contribution in [0.15, 0.2) is 11.8 Å². The first kappa shape index (κ1) is 22.5. The minimum atomic E-state index is 0.574. The summed E-state index contributed by atoms with van der Waals surface area (Å²) in [6.45, 7) is 2.86. The van der Waals surface area contributed by atoms with Crippen LogP contribution in [0.1, 0.15) is 116 Å². The maximum Gasteiger partial charge on any atom is 0.0126 e. The Morgan fingerprint density at radius 3 is 1.30 bits per heavy atom. The van der Waals surface area contributed by atoms with Gasteiger partial charge in [0.15, 0.2) is 0 Å². The molecule has 2 heteroatoms. The topological polar surface area (TPSA) is 52.0 Å². The van der Waals surface area contributed by atoms with Crippen LogP contribution in [0.25, 0.3) is 0 Å². The van der Waals surface area contributed by atoms with Gasteiger partial charge in [0.25, 0.3) is 0 Å². The van der Waals surface area contributed by atoms with Crippen LogP contribution in [0.5, 0.6) is 0 Å². The van der Waals surface area contributed by atoms with Gasteiger partial charge >= 0.3 is 0 Å². The molecule has 0 radical (unpaired) electrons. The molecular weight excluding hydrogens is 280 g/mol. The Morgan fingerprint density at radius 1 is 0.609 bits per heavy atom. The Bertz CT molecular complexity index is 248. The summed E-state index contributed by atoms with van der Waals surface area (Å²) in [5, 5.41) is 0. The summed E-state index contributed by atoms with van der Waals surface area (Å²) >= 11 is 0. The largest absolute Gasteiger partial charge is 0.402 e. The summed E-state index contributed by atoms with van der Waals surface area (Å²) in [5.74, 6) is 0. The van der Waals surface area contributed by atoms with Crippen LogP contribution in [0.3, 0.4) is 0 Å². The monoisotopic (exact) mass is 324 g/mol. The second kappa shape index (κ2) is 19.5. The van der Waals surface area contributed by atoms with Gasteiger partial charge in [0.2, 0.25) is 0 Å². The third kappa shape index (κ3) is 19.5. The summed E-state index contributed by atoms with van der Waals surface area (Å²) in [5.41, 5.74) is 12.2. The van der Waals surface area contributed by atoms with Gasteiger partial charge in [-0.05, 0) is 12.8 Å². The highest BCUT2D eigenvalue weighted by atomic mass is 14.6. The minimum absolute atomic E-state index is 0.574. The van der Waals surface area contributed by atoms with E-state index >= 15 is 0 Å². The average molecular weight is 325 g/mol. The number of nitrogens with two attached hydrogens (primary N) is 2. The summed E-state index contributed by atoms with van der Waals surface area (Å²) in [7, 11) is 0. The third-order valence-electron chi connectivity index (χ3n) is 4.70. The van der Waals surface area contributed by atoms with Gasteiger partial charge in [0.1, 0.15) is 0 Å². The first-order chi connectivity index (χ1) is 11.3. The van der Waals surface area contributed by atoms with Crippen LogP contribution >= 0.6 is 0 Å². The van der Waals surface area contributed by atoms with Gasteiger partial charge in [0.05, 0.1) is 0 Å². The summed E-state index contributed by atoms with van der Waals surface area (Å²) in [4.78, 5) is 0. The van der Waals surface area contributed by atoms with Crippen molar-refractivity contribution in [3.05, 3.63) is 11.8 Å². The Hall–Kier alpha value is -0.500. The number of hydrogen-bond acceptors (Lipinski definition) is 2. The van der Waals surface area contributed by atoms with Gasteiger partial charge in [-0.25, -0.2) is 0 Å². The van der Waals surface area contributed by atoms with E-state index in [1.54, 1.807) is 0 Å². The zero-order valence-electron chi connectivity index (χ0n) is 16.0. The molecule has 0 aliphatic rings. The molecule has 138 valence electrons. The normalized spacial score (nSPS) is 12.0. The molecule has 0 saturated carbocycles. The molecule has 0 atom stereocenters. The van der Waals surface area contributed by atoms with E-state index in [0.717, 1.165) is 12.1 Å². The fraction of sp³-hybridized carbons (Fsp3) is 0.905. The lowest BCUT2D eigenvalue weighted by molar-refractivity contribution is 0.529. The average Bonchev–Trinajstić information content (AvgIpc) is 2.54. The van der Waals surface area contributed by atoms with Crippen molar-refractivity contribution < 1.29 is 0 Å². The lowest BCUT2D eigenvalue weighted by Gasteiger charge is -2.04. The van der Waals surface area contributed by atoms with E-state index in [2.05, 4.69) is 6.92 Å². The molecule has 0 spiro atoms. The van der Waals surface area contributed by atoms with Gasteiger partial charge in [-0.15, -0.1) is 0 Å².